The lowest BCUT2D eigenvalue weighted by Crippen LogP contribution is -1.96. The Morgan fingerprint density at radius 3 is 2.33 bits per heavy atom. The van der Waals surface area contributed by atoms with Crippen LogP contribution in [0.15, 0.2) is 51.4 Å². The van der Waals surface area contributed by atoms with Crippen molar-refractivity contribution in [2.24, 2.45) is 0 Å². The van der Waals surface area contributed by atoms with Crippen LogP contribution in [0.5, 0.6) is 0 Å². The van der Waals surface area contributed by atoms with Crippen molar-refractivity contribution in [2.75, 3.05) is 0 Å². The van der Waals surface area contributed by atoms with Gasteiger partial charge in [-0.1, -0.05) is 56.1 Å². The molecule has 0 amide bonds. The molecule has 2 aromatic carbocycles. The summed E-state index contributed by atoms with van der Waals surface area (Å²) in [6.45, 7) is 2.08. The summed E-state index contributed by atoms with van der Waals surface area (Å²) in [6, 6.07) is 14.6. The van der Waals surface area contributed by atoms with Gasteiger partial charge in [-0.3, -0.25) is 0 Å². The van der Waals surface area contributed by atoms with Gasteiger partial charge in [0, 0.05) is 8.95 Å². The van der Waals surface area contributed by atoms with E-state index in [9.17, 15) is 0 Å². The number of hydrogen-bond donors (Lipinski definition) is 0. The van der Waals surface area contributed by atoms with Gasteiger partial charge in [-0.15, -0.1) is 11.6 Å². The lowest BCUT2D eigenvalue weighted by atomic mass is 10.0. The molecule has 2 rings (SSSR count). The van der Waals surface area contributed by atoms with E-state index in [-0.39, 0.29) is 5.38 Å². The SMILES string of the molecule is Cc1ccc(C(Cl)Cc2ccc(Br)cc2)cc1Br. The molecule has 0 N–H and O–H groups in total. The number of rotatable bonds is 3. The Morgan fingerprint density at radius 2 is 1.72 bits per heavy atom. The van der Waals surface area contributed by atoms with Gasteiger partial charge in [0.05, 0.1) is 5.38 Å². The van der Waals surface area contributed by atoms with Crippen LogP contribution >= 0.6 is 43.5 Å². The fourth-order valence-corrected chi connectivity index (χ4v) is 2.72. The van der Waals surface area contributed by atoms with E-state index < -0.39 is 0 Å². The van der Waals surface area contributed by atoms with E-state index in [2.05, 4.69) is 69.1 Å². The molecule has 94 valence electrons. The van der Waals surface area contributed by atoms with Crippen LogP contribution in [-0.2, 0) is 6.42 Å². The van der Waals surface area contributed by atoms with Crippen LogP contribution in [-0.4, -0.2) is 0 Å². The quantitative estimate of drug-likeness (QED) is 0.562. The van der Waals surface area contributed by atoms with Crippen LogP contribution in [0.2, 0.25) is 0 Å². The summed E-state index contributed by atoms with van der Waals surface area (Å²) in [5, 5.41) is 0.00285. The van der Waals surface area contributed by atoms with E-state index in [0.717, 1.165) is 20.9 Å². The normalized spacial score (nSPS) is 12.4. The number of aryl methyl sites for hydroxylation is 1. The number of halogens is 3. The molecule has 3 heteroatoms. The summed E-state index contributed by atoms with van der Waals surface area (Å²) in [4.78, 5) is 0. The average molecular weight is 389 g/mol. The van der Waals surface area contributed by atoms with Crippen molar-refractivity contribution in [3.05, 3.63) is 68.1 Å². The van der Waals surface area contributed by atoms with Crippen molar-refractivity contribution in [1.29, 1.82) is 0 Å². The third-order valence-electron chi connectivity index (χ3n) is 2.89. The third-order valence-corrected chi connectivity index (χ3v) is 4.68. The minimum absolute atomic E-state index is 0.00285. The molecular formula is C15H13Br2Cl. The minimum atomic E-state index is 0.00285. The maximum absolute atomic E-state index is 6.47. The first-order valence-electron chi connectivity index (χ1n) is 5.71. The van der Waals surface area contributed by atoms with Gasteiger partial charge in [-0.25, -0.2) is 0 Å². The Morgan fingerprint density at radius 1 is 1.06 bits per heavy atom. The molecule has 0 aliphatic heterocycles. The lowest BCUT2D eigenvalue weighted by molar-refractivity contribution is 0.917. The fraction of sp³-hybridized carbons (Fsp3) is 0.200. The molecule has 0 heterocycles. The summed E-state index contributed by atoms with van der Waals surface area (Å²) < 4.78 is 2.21. The van der Waals surface area contributed by atoms with Crippen molar-refractivity contribution in [2.45, 2.75) is 18.7 Å². The summed E-state index contributed by atoms with van der Waals surface area (Å²) in [7, 11) is 0. The molecule has 1 atom stereocenters. The number of benzene rings is 2. The molecule has 18 heavy (non-hydrogen) atoms. The minimum Gasteiger partial charge on any atom is -0.117 e. The fourth-order valence-electron chi connectivity index (χ4n) is 1.75. The molecule has 0 bridgehead atoms. The highest BCUT2D eigenvalue weighted by molar-refractivity contribution is 9.10. The van der Waals surface area contributed by atoms with Gasteiger partial charge in [0.2, 0.25) is 0 Å². The summed E-state index contributed by atoms with van der Waals surface area (Å²) in [5.41, 5.74) is 3.62. The second-order valence-electron chi connectivity index (χ2n) is 4.31. The zero-order chi connectivity index (χ0) is 13.1. The van der Waals surface area contributed by atoms with Crippen LogP contribution in [0.25, 0.3) is 0 Å². The lowest BCUT2D eigenvalue weighted by Gasteiger charge is -2.11. The molecule has 1 unspecified atom stereocenters. The smallest absolute Gasteiger partial charge is 0.0625 e. The zero-order valence-electron chi connectivity index (χ0n) is 9.96. The number of alkyl halides is 1. The highest BCUT2D eigenvalue weighted by Crippen LogP contribution is 2.29. The van der Waals surface area contributed by atoms with E-state index in [1.165, 1.54) is 11.1 Å². The van der Waals surface area contributed by atoms with Gasteiger partial charge in [-0.05, 0) is 48.2 Å². The van der Waals surface area contributed by atoms with Crippen LogP contribution in [0, 0.1) is 6.92 Å². The van der Waals surface area contributed by atoms with Crippen molar-refractivity contribution in [3.63, 3.8) is 0 Å². The second kappa shape index (κ2) is 6.23. The molecule has 0 aliphatic rings. The van der Waals surface area contributed by atoms with Crippen molar-refractivity contribution in [1.82, 2.24) is 0 Å². The second-order valence-corrected chi connectivity index (χ2v) is 6.60. The summed E-state index contributed by atoms with van der Waals surface area (Å²) >= 11 is 13.5. The maximum atomic E-state index is 6.47. The van der Waals surface area contributed by atoms with Gasteiger partial charge in [0.25, 0.3) is 0 Å². The molecule has 0 spiro atoms. The first-order valence-corrected chi connectivity index (χ1v) is 7.73. The molecule has 2 aromatic rings. The van der Waals surface area contributed by atoms with Crippen LogP contribution in [0.1, 0.15) is 22.1 Å². The van der Waals surface area contributed by atoms with Crippen LogP contribution in [0.3, 0.4) is 0 Å². The molecule has 0 aromatic heterocycles. The van der Waals surface area contributed by atoms with E-state index >= 15 is 0 Å². The zero-order valence-corrected chi connectivity index (χ0v) is 13.9. The Balaban J connectivity index is 2.13. The summed E-state index contributed by atoms with van der Waals surface area (Å²) in [5.74, 6) is 0. The monoisotopic (exact) mass is 386 g/mol. The Bertz CT molecular complexity index is 535. The Labute approximate surface area is 130 Å². The van der Waals surface area contributed by atoms with Gasteiger partial charge >= 0.3 is 0 Å². The van der Waals surface area contributed by atoms with Gasteiger partial charge in [0.1, 0.15) is 0 Å². The van der Waals surface area contributed by atoms with Crippen molar-refractivity contribution >= 4 is 43.5 Å². The average Bonchev–Trinajstić information content (AvgIpc) is 2.35. The van der Waals surface area contributed by atoms with E-state index in [0.29, 0.717) is 0 Å². The Hall–Kier alpha value is -0.310. The topological polar surface area (TPSA) is 0 Å². The van der Waals surface area contributed by atoms with Crippen LogP contribution in [0.4, 0.5) is 0 Å². The third kappa shape index (κ3) is 3.59. The first kappa shape index (κ1) is 14.1. The molecule has 0 fully saturated rings. The van der Waals surface area contributed by atoms with Crippen LogP contribution < -0.4 is 0 Å². The van der Waals surface area contributed by atoms with E-state index in [1.54, 1.807) is 0 Å². The predicted molar refractivity (Wildman–Crippen MR) is 85.3 cm³/mol. The molecule has 0 saturated carbocycles. The number of hydrogen-bond acceptors (Lipinski definition) is 0. The largest absolute Gasteiger partial charge is 0.117 e. The summed E-state index contributed by atoms with van der Waals surface area (Å²) in [6.07, 6.45) is 0.838. The highest BCUT2D eigenvalue weighted by Gasteiger charge is 2.10. The van der Waals surface area contributed by atoms with Gasteiger partial charge < -0.3 is 0 Å². The molecule has 0 radical (unpaired) electrons. The first-order chi connectivity index (χ1) is 8.56. The van der Waals surface area contributed by atoms with E-state index in [4.69, 9.17) is 11.6 Å². The molecule has 0 saturated heterocycles. The molecule has 0 nitrogen and oxygen atoms in total. The van der Waals surface area contributed by atoms with E-state index in [1.807, 2.05) is 12.1 Å². The molecular weight excluding hydrogens is 375 g/mol. The van der Waals surface area contributed by atoms with Gasteiger partial charge in [0.15, 0.2) is 0 Å². The standard InChI is InChI=1S/C15H13Br2Cl/c1-10-2-5-12(9-14(10)17)15(18)8-11-3-6-13(16)7-4-11/h2-7,9,15H,8H2,1H3. The predicted octanol–water partition coefficient (Wildman–Crippen LogP) is 6.04. The maximum Gasteiger partial charge on any atom is 0.0625 e. The Kier molecular flexibility index (Phi) is 4.88. The molecule has 0 aliphatic carbocycles. The van der Waals surface area contributed by atoms with Crippen molar-refractivity contribution < 1.29 is 0 Å². The highest BCUT2D eigenvalue weighted by atomic mass is 79.9. The van der Waals surface area contributed by atoms with Crippen molar-refractivity contribution in [3.8, 4) is 0 Å². The van der Waals surface area contributed by atoms with Gasteiger partial charge in [-0.2, -0.15) is 0 Å².